The van der Waals surface area contributed by atoms with E-state index in [9.17, 15) is 9.18 Å². The molecular weight excluding hydrogens is 255 g/mol. The molecule has 104 valence electrons. The zero-order valence-electron chi connectivity index (χ0n) is 11.5. The van der Waals surface area contributed by atoms with Crippen molar-refractivity contribution in [1.82, 2.24) is 0 Å². The van der Waals surface area contributed by atoms with Crippen molar-refractivity contribution in [3.8, 4) is 0 Å². The molecule has 4 heteroatoms. The van der Waals surface area contributed by atoms with E-state index in [-0.39, 0.29) is 17.8 Å². The zero-order chi connectivity index (χ0) is 14.5. The van der Waals surface area contributed by atoms with Crippen molar-refractivity contribution < 1.29 is 9.18 Å². The van der Waals surface area contributed by atoms with Gasteiger partial charge in [0.05, 0.1) is 0 Å². The van der Waals surface area contributed by atoms with Crippen LogP contribution in [0.5, 0.6) is 0 Å². The number of anilines is 2. The van der Waals surface area contributed by atoms with Crippen LogP contribution in [0.2, 0.25) is 0 Å². The fourth-order valence-electron chi connectivity index (χ4n) is 2.00. The molecule has 0 aromatic heterocycles. The van der Waals surface area contributed by atoms with E-state index in [2.05, 4.69) is 10.6 Å². The largest absolute Gasteiger partial charge is 0.378 e. The molecule has 0 bridgehead atoms. The number of carbonyl (C=O) groups is 1. The Morgan fingerprint density at radius 2 is 1.80 bits per heavy atom. The highest BCUT2D eigenvalue weighted by atomic mass is 19.1. The molecule has 0 aliphatic carbocycles. The van der Waals surface area contributed by atoms with E-state index < -0.39 is 0 Å². The SMILES string of the molecule is CC(=O)Nc1cccc(NC(C)c2cccc(F)c2)c1. The molecule has 2 rings (SSSR count). The highest BCUT2D eigenvalue weighted by molar-refractivity contribution is 5.89. The van der Waals surface area contributed by atoms with Crippen molar-refractivity contribution in [2.45, 2.75) is 19.9 Å². The van der Waals surface area contributed by atoms with E-state index in [0.29, 0.717) is 0 Å². The number of carbonyl (C=O) groups excluding carboxylic acids is 1. The van der Waals surface area contributed by atoms with Crippen molar-refractivity contribution in [2.24, 2.45) is 0 Å². The molecule has 0 heterocycles. The van der Waals surface area contributed by atoms with Crippen molar-refractivity contribution in [3.63, 3.8) is 0 Å². The third-order valence-electron chi connectivity index (χ3n) is 2.91. The average Bonchev–Trinajstić information content (AvgIpc) is 2.38. The van der Waals surface area contributed by atoms with Gasteiger partial charge in [0.1, 0.15) is 5.82 Å². The molecule has 0 radical (unpaired) electrons. The number of benzene rings is 2. The van der Waals surface area contributed by atoms with Crippen LogP contribution < -0.4 is 10.6 Å². The summed E-state index contributed by atoms with van der Waals surface area (Å²) in [5.41, 5.74) is 2.47. The van der Waals surface area contributed by atoms with Crippen LogP contribution >= 0.6 is 0 Å². The number of hydrogen-bond acceptors (Lipinski definition) is 2. The highest BCUT2D eigenvalue weighted by Gasteiger charge is 2.06. The summed E-state index contributed by atoms with van der Waals surface area (Å²) in [7, 11) is 0. The van der Waals surface area contributed by atoms with Crippen molar-refractivity contribution in [2.75, 3.05) is 10.6 Å². The van der Waals surface area contributed by atoms with Crippen LogP contribution in [-0.2, 0) is 4.79 Å². The minimum atomic E-state index is -0.247. The Morgan fingerprint density at radius 3 is 2.50 bits per heavy atom. The van der Waals surface area contributed by atoms with Crippen LogP contribution in [0.15, 0.2) is 48.5 Å². The molecule has 0 saturated carbocycles. The summed E-state index contributed by atoms with van der Waals surface area (Å²) in [6, 6.07) is 13.9. The van der Waals surface area contributed by atoms with Crippen molar-refractivity contribution >= 4 is 17.3 Å². The molecule has 20 heavy (non-hydrogen) atoms. The maximum absolute atomic E-state index is 13.2. The standard InChI is InChI=1S/C16H17FN2O/c1-11(13-5-3-6-14(17)9-13)18-15-7-4-8-16(10-15)19-12(2)20/h3-11,18H,1-2H3,(H,19,20). The monoisotopic (exact) mass is 272 g/mol. The molecule has 0 saturated heterocycles. The molecular formula is C16H17FN2O. The lowest BCUT2D eigenvalue weighted by atomic mass is 10.1. The van der Waals surface area contributed by atoms with Gasteiger partial charge >= 0.3 is 0 Å². The average molecular weight is 272 g/mol. The Morgan fingerprint density at radius 1 is 1.10 bits per heavy atom. The number of halogens is 1. The van der Waals surface area contributed by atoms with Gasteiger partial charge in [-0.25, -0.2) is 4.39 Å². The fourth-order valence-corrected chi connectivity index (χ4v) is 2.00. The summed E-state index contributed by atoms with van der Waals surface area (Å²) in [5.74, 6) is -0.358. The molecule has 1 unspecified atom stereocenters. The summed E-state index contributed by atoms with van der Waals surface area (Å²) >= 11 is 0. The van der Waals surface area contributed by atoms with Gasteiger partial charge in [-0.2, -0.15) is 0 Å². The van der Waals surface area contributed by atoms with Crippen LogP contribution in [0, 0.1) is 5.82 Å². The summed E-state index contributed by atoms with van der Waals surface area (Å²) < 4.78 is 13.2. The minimum absolute atomic E-state index is 0.0294. The van der Waals surface area contributed by atoms with E-state index >= 15 is 0 Å². The number of rotatable bonds is 4. The molecule has 3 nitrogen and oxygen atoms in total. The number of hydrogen-bond donors (Lipinski definition) is 2. The molecule has 0 aliphatic rings. The van der Waals surface area contributed by atoms with Gasteiger partial charge in [0, 0.05) is 24.3 Å². The summed E-state index contributed by atoms with van der Waals surface area (Å²) in [4.78, 5) is 11.0. The molecule has 2 aromatic rings. The number of amides is 1. The van der Waals surface area contributed by atoms with Gasteiger partial charge in [-0.05, 0) is 42.8 Å². The van der Waals surface area contributed by atoms with E-state index in [1.807, 2.05) is 37.3 Å². The third-order valence-corrected chi connectivity index (χ3v) is 2.91. The minimum Gasteiger partial charge on any atom is -0.378 e. The molecule has 1 atom stereocenters. The summed E-state index contributed by atoms with van der Waals surface area (Å²) in [5, 5.41) is 6.01. The van der Waals surface area contributed by atoms with Crippen LogP contribution in [0.25, 0.3) is 0 Å². The quantitative estimate of drug-likeness (QED) is 0.884. The third kappa shape index (κ3) is 3.82. The van der Waals surface area contributed by atoms with Gasteiger partial charge in [-0.3, -0.25) is 4.79 Å². The topological polar surface area (TPSA) is 41.1 Å². The Bertz CT molecular complexity index is 613. The molecule has 0 aliphatic heterocycles. The molecule has 2 aromatic carbocycles. The first-order chi connectivity index (χ1) is 9.54. The van der Waals surface area contributed by atoms with Gasteiger partial charge in [0.2, 0.25) is 5.91 Å². The Hall–Kier alpha value is -2.36. The number of nitrogens with one attached hydrogen (secondary N) is 2. The van der Waals surface area contributed by atoms with Crippen LogP contribution in [0.4, 0.5) is 15.8 Å². The van der Waals surface area contributed by atoms with Gasteiger partial charge in [0.15, 0.2) is 0 Å². The second kappa shape index (κ2) is 6.19. The zero-order valence-corrected chi connectivity index (χ0v) is 11.5. The van der Waals surface area contributed by atoms with E-state index in [1.54, 1.807) is 6.07 Å². The molecule has 2 N–H and O–H groups in total. The van der Waals surface area contributed by atoms with Crippen LogP contribution in [0.3, 0.4) is 0 Å². The second-order valence-electron chi connectivity index (χ2n) is 4.68. The first kappa shape index (κ1) is 14.1. The predicted octanol–water partition coefficient (Wildman–Crippen LogP) is 3.96. The maximum atomic E-state index is 13.2. The van der Waals surface area contributed by atoms with Gasteiger partial charge in [0.25, 0.3) is 0 Å². The lowest BCUT2D eigenvalue weighted by Gasteiger charge is -2.16. The van der Waals surface area contributed by atoms with Crippen molar-refractivity contribution in [1.29, 1.82) is 0 Å². The second-order valence-corrected chi connectivity index (χ2v) is 4.68. The Labute approximate surface area is 117 Å². The Balaban J connectivity index is 2.11. The van der Waals surface area contributed by atoms with E-state index in [1.165, 1.54) is 19.1 Å². The van der Waals surface area contributed by atoms with Crippen LogP contribution in [0.1, 0.15) is 25.5 Å². The Kier molecular flexibility index (Phi) is 4.35. The highest BCUT2D eigenvalue weighted by Crippen LogP contribution is 2.22. The first-order valence-corrected chi connectivity index (χ1v) is 6.44. The molecule has 0 fully saturated rings. The molecule has 1 amide bonds. The van der Waals surface area contributed by atoms with Gasteiger partial charge < -0.3 is 10.6 Å². The van der Waals surface area contributed by atoms with E-state index in [0.717, 1.165) is 16.9 Å². The lowest BCUT2D eigenvalue weighted by Crippen LogP contribution is -2.08. The van der Waals surface area contributed by atoms with Gasteiger partial charge in [-0.1, -0.05) is 18.2 Å². The predicted molar refractivity (Wildman–Crippen MR) is 79.2 cm³/mol. The lowest BCUT2D eigenvalue weighted by molar-refractivity contribution is -0.114. The van der Waals surface area contributed by atoms with Gasteiger partial charge in [-0.15, -0.1) is 0 Å². The molecule has 0 spiro atoms. The van der Waals surface area contributed by atoms with E-state index in [4.69, 9.17) is 0 Å². The summed E-state index contributed by atoms with van der Waals surface area (Å²) in [6.07, 6.45) is 0. The summed E-state index contributed by atoms with van der Waals surface area (Å²) in [6.45, 7) is 3.43. The first-order valence-electron chi connectivity index (χ1n) is 6.44. The van der Waals surface area contributed by atoms with Crippen molar-refractivity contribution in [3.05, 3.63) is 59.9 Å². The normalized spacial score (nSPS) is 11.8. The fraction of sp³-hybridized carbons (Fsp3) is 0.188. The maximum Gasteiger partial charge on any atom is 0.221 e. The smallest absolute Gasteiger partial charge is 0.221 e. The van der Waals surface area contributed by atoms with Crippen LogP contribution in [-0.4, -0.2) is 5.91 Å².